The molecule has 1 atom stereocenters. The molecule has 41 heavy (non-hydrogen) atoms. The van der Waals surface area contributed by atoms with Crippen LogP contribution in [0.1, 0.15) is 65.9 Å². The first kappa shape index (κ1) is 29.6. The lowest BCUT2D eigenvalue weighted by Crippen LogP contribution is -2.59. The third-order valence-electron chi connectivity index (χ3n) is 9.09. The molecule has 1 aliphatic heterocycles. The third kappa shape index (κ3) is 5.65. The molecule has 1 aromatic carbocycles. The van der Waals surface area contributed by atoms with Gasteiger partial charge in [-0.25, -0.2) is 4.98 Å². The van der Waals surface area contributed by atoms with Crippen molar-refractivity contribution in [3.8, 4) is 0 Å². The van der Waals surface area contributed by atoms with Crippen LogP contribution in [0.15, 0.2) is 36.4 Å². The Kier molecular flexibility index (Phi) is 8.02. The van der Waals surface area contributed by atoms with Crippen LogP contribution in [0.2, 0.25) is 5.15 Å². The number of halogens is 4. The maximum atomic E-state index is 14.3. The van der Waals surface area contributed by atoms with Crippen molar-refractivity contribution in [2.45, 2.75) is 62.3 Å². The van der Waals surface area contributed by atoms with Crippen molar-refractivity contribution in [1.29, 1.82) is 0 Å². The number of anilines is 1. The van der Waals surface area contributed by atoms with E-state index in [-0.39, 0.29) is 23.0 Å². The Hall–Kier alpha value is -2.85. The van der Waals surface area contributed by atoms with Crippen LogP contribution >= 0.6 is 11.6 Å². The molecular weight excluding hydrogens is 557 g/mol. The lowest BCUT2D eigenvalue weighted by Gasteiger charge is -2.48. The molecule has 7 nitrogen and oxygen atoms in total. The molecule has 2 amide bonds. The minimum atomic E-state index is -5.15. The van der Waals surface area contributed by atoms with Crippen LogP contribution in [-0.4, -0.2) is 78.2 Å². The summed E-state index contributed by atoms with van der Waals surface area (Å²) in [6.45, 7) is 1.49. The topological polar surface area (TPSA) is 77.0 Å². The molecule has 2 saturated carbocycles. The molecule has 0 spiro atoms. The van der Waals surface area contributed by atoms with Crippen molar-refractivity contribution in [3.05, 3.63) is 58.2 Å². The molecule has 1 saturated heterocycles. The van der Waals surface area contributed by atoms with Gasteiger partial charge in [0.15, 0.2) is 0 Å². The number of pyridine rings is 1. The Morgan fingerprint density at radius 2 is 1.66 bits per heavy atom. The van der Waals surface area contributed by atoms with E-state index < -0.39 is 23.2 Å². The normalized spacial score (nSPS) is 23.0. The first-order chi connectivity index (χ1) is 19.3. The minimum absolute atomic E-state index is 0.163. The third-order valence-corrected chi connectivity index (χ3v) is 9.38. The predicted molar refractivity (Wildman–Crippen MR) is 150 cm³/mol. The molecule has 1 unspecified atom stereocenters. The van der Waals surface area contributed by atoms with Crippen LogP contribution in [-0.2, 0) is 10.4 Å². The van der Waals surface area contributed by atoms with Crippen LogP contribution in [0, 0.1) is 11.8 Å². The van der Waals surface area contributed by atoms with Crippen LogP contribution in [0.5, 0.6) is 0 Å². The summed E-state index contributed by atoms with van der Waals surface area (Å²) in [6.07, 6.45) is -0.370. The first-order valence-electron chi connectivity index (χ1n) is 14.1. The fourth-order valence-corrected chi connectivity index (χ4v) is 6.43. The van der Waals surface area contributed by atoms with Gasteiger partial charge in [-0.2, -0.15) is 13.2 Å². The fourth-order valence-electron chi connectivity index (χ4n) is 6.20. The molecule has 2 aromatic rings. The van der Waals surface area contributed by atoms with E-state index in [1.807, 2.05) is 0 Å². The van der Waals surface area contributed by atoms with Crippen molar-refractivity contribution in [3.63, 3.8) is 0 Å². The van der Waals surface area contributed by atoms with Crippen LogP contribution < -0.4 is 4.90 Å². The first-order valence-corrected chi connectivity index (χ1v) is 14.5. The summed E-state index contributed by atoms with van der Waals surface area (Å²) >= 11 is 6.29. The van der Waals surface area contributed by atoms with Crippen LogP contribution in [0.4, 0.5) is 19.0 Å². The summed E-state index contributed by atoms with van der Waals surface area (Å²) in [4.78, 5) is 34.6. The second kappa shape index (κ2) is 11.1. The van der Waals surface area contributed by atoms with E-state index in [0.29, 0.717) is 36.1 Å². The molecule has 222 valence electrons. The van der Waals surface area contributed by atoms with Gasteiger partial charge in [0.1, 0.15) is 11.0 Å². The number of piperidine rings is 1. The van der Waals surface area contributed by atoms with Crippen molar-refractivity contribution in [2.24, 2.45) is 11.8 Å². The van der Waals surface area contributed by atoms with Crippen molar-refractivity contribution in [2.75, 3.05) is 39.1 Å². The average molecular weight is 593 g/mol. The van der Waals surface area contributed by atoms with Gasteiger partial charge >= 0.3 is 6.18 Å². The van der Waals surface area contributed by atoms with Gasteiger partial charge in [0.2, 0.25) is 0 Å². The molecular formula is C30H36ClF3N4O3. The highest BCUT2D eigenvalue weighted by molar-refractivity contribution is 6.32. The van der Waals surface area contributed by atoms with Gasteiger partial charge in [0.05, 0.1) is 5.56 Å². The van der Waals surface area contributed by atoms with Crippen LogP contribution in [0.25, 0.3) is 0 Å². The molecule has 1 aromatic heterocycles. The molecule has 2 heterocycles. The number of likely N-dealkylation sites (N-methyl/N-ethyl adjacent to an activating group) is 1. The molecule has 3 aliphatic rings. The molecule has 2 aliphatic carbocycles. The zero-order valence-corrected chi connectivity index (χ0v) is 24.3. The van der Waals surface area contributed by atoms with E-state index in [0.717, 1.165) is 49.2 Å². The van der Waals surface area contributed by atoms with Gasteiger partial charge in [-0.3, -0.25) is 9.59 Å². The van der Waals surface area contributed by atoms with Gasteiger partial charge in [-0.1, -0.05) is 35.9 Å². The lowest BCUT2D eigenvalue weighted by molar-refractivity contribution is -0.263. The van der Waals surface area contributed by atoms with E-state index in [1.54, 1.807) is 32.3 Å². The fraction of sp³-hybridized carbons (Fsp3) is 0.567. The number of aliphatic hydroxyl groups is 1. The predicted octanol–water partition coefficient (Wildman–Crippen LogP) is 5.22. The summed E-state index contributed by atoms with van der Waals surface area (Å²) < 4.78 is 42.8. The number of hydrogen-bond acceptors (Lipinski definition) is 5. The number of carbonyl (C=O) groups excluding carboxylic acids is 2. The summed E-state index contributed by atoms with van der Waals surface area (Å²) in [7, 11) is 4.67. The monoisotopic (exact) mass is 592 g/mol. The number of alkyl halides is 3. The summed E-state index contributed by atoms with van der Waals surface area (Å²) in [6, 6.07) is 8.90. The average Bonchev–Trinajstić information content (AvgIpc) is 3.76. The Morgan fingerprint density at radius 1 is 1.00 bits per heavy atom. The standard InChI is InChI=1S/C30H36ClF3N4O3/c1-36(2)27(39)24-9-10-25(35-26(24)31)38-13-11-19(12-14-38)21-16-23(17-21)37(3)28(40)29(41,30(32,33)34)22-6-4-5-20(15-22)18-7-8-18/h4-6,9-10,15,18-19,21,23,41H,7-8,11-14,16-17H2,1-3H3/t21-,23+,29?. The van der Waals surface area contributed by atoms with E-state index >= 15 is 0 Å². The van der Waals surface area contributed by atoms with Crippen LogP contribution in [0.3, 0.4) is 0 Å². The molecule has 11 heteroatoms. The summed E-state index contributed by atoms with van der Waals surface area (Å²) in [5.41, 5.74) is -2.92. The number of nitrogens with zero attached hydrogens (tertiary/aromatic N) is 4. The zero-order valence-electron chi connectivity index (χ0n) is 23.5. The second-order valence-electron chi connectivity index (χ2n) is 11.9. The quantitative estimate of drug-likeness (QED) is 0.446. The summed E-state index contributed by atoms with van der Waals surface area (Å²) in [5.74, 6) is 0.0433. The lowest BCUT2D eigenvalue weighted by atomic mass is 9.68. The van der Waals surface area contributed by atoms with E-state index in [4.69, 9.17) is 11.6 Å². The minimum Gasteiger partial charge on any atom is -0.369 e. The number of amides is 2. The number of rotatable bonds is 7. The maximum absolute atomic E-state index is 14.3. The maximum Gasteiger partial charge on any atom is 0.430 e. The molecule has 1 N–H and O–H groups in total. The van der Waals surface area contributed by atoms with Crippen molar-refractivity contribution in [1.82, 2.24) is 14.8 Å². The number of benzene rings is 1. The molecule has 0 bridgehead atoms. The molecule has 3 fully saturated rings. The van der Waals surface area contributed by atoms with Gasteiger partial charge in [0.25, 0.3) is 17.4 Å². The SMILES string of the molecule is CN(C)C(=O)c1ccc(N2CCC([C@H]3C[C@@H](N(C)C(=O)C(O)(c4cccc(C5CC5)c4)C(F)(F)F)C3)CC2)nc1Cl. The highest BCUT2D eigenvalue weighted by Gasteiger charge is 2.62. The van der Waals surface area contributed by atoms with Gasteiger partial charge in [0, 0.05) is 45.8 Å². The molecule has 0 radical (unpaired) electrons. The summed E-state index contributed by atoms with van der Waals surface area (Å²) in [5, 5.41) is 11.1. The number of hydrogen-bond donors (Lipinski definition) is 1. The van der Waals surface area contributed by atoms with Crippen molar-refractivity contribution >= 4 is 29.2 Å². The Bertz CT molecular complexity index is 1300. The molecule has 5 rings (SSSR count). The van der Waals surface area contributed by atoms with E-state index in [9.17, 15) is 27.9 Å². The van der Waals surface area contributed by atoms with Gasteiger partial charge in [-0.05, 0) is 74.0 Å². The largest absolute Gasteiger partial charge is 0.430 e. The van der Waals surface area contributed by atoms with Gasteiger partial charge < -0.3 is 19.8 Å². The zero-order chi connectivity index (χ0) is 29.7. The Morgan fingerprint density at radius 3 is 2.22 bits per heavy atom. The van der Waals surface area contributed by atoms with Crippen molar-refractivity contribution < 1.29 is 27.9 Å². The highest BCUT2D eigenvalue weighted by Crippen LogP contribution is 2.47. The number of carbonyl (C=O) groups is 2. The van der Waals surface area contributed by atoms with Gasteiger partial charge in [-0.15, -0.1) is 0 Å². The smallest absolute Gasteiger partial charge is 0.369 e. The number of aromatic nitrogens is 1. The highest BCUT2D eigenvalue weighted by atomic mass is 35.5. The van der Waals surface area contributed by atoms with E-state index in [1.165, 1.54) is 30.1 Å². The van der Waals surface area contributed by atoms with E-state index in [2.05, 4.69) is 9.88 Å². The second-order valence-corrected chi connectivity index (χ2v) is 12.3. The Balaban J connectivity index is 1.18. The Labute approximate surface area is 243 Å².